The van der Waals surface area contributed by atoms with Gasteiger partial charge in [-0.1, -0.05) is 6.92 Å². The highest BCUT2D eigenvalue weighted by Gasteiger charge is 2.23. The zero-order chi connectivity index (χ0) is 31.8. The zero-order valence-electron chi connectivity index (χ0n) is 25.1. The predicted octanol–water partition coefficient (Wildman–Crippen LogP) is -1.32. The summed E-state index contributed by atoms with van der Waals surface area (Å²) in [7, 11) is -8.78. The van der Waals surface area contributed by atoms with Crippen LogP contribution in [-0.2, 0) is 28.3 Å². The van der Waals surface area contributed by atoms with Gasteiger partial charge >= 0.3 is 15.2 Å². The molecule has 0 aromatic heterocycles. The molecule has 1 aliphatic heterocycles. The number of nitrogens with one attached hydrogen (secondary N) is 2. The second-order valence-electron chi connectivity index (χ2n) is 10.4. The molecule has 1 heterocycles. The molecule has 19 heteroatoms. The Bertz CT molecular complexity index is 906. The Morgan fingerprint density at radius 3 is 1.33 bits per heavy atom. The molecule has 0 aliphatic carbocycles. The topological polar surface area (TPSA) is 220 Å². The lowest BCUT2D eigenvalue weighted by molar-refractivity contribution is -0.124. The molecule has 0 saturated carbocycles. The molecule has 0 atom stereocenters. The third-order valence-corrected chi connectivity index (χ3v) is 7.91. The molecular weight excluding hydrogens is 674 g/mol. The van der Waals surface area contributed by atoms with Gasteiger partial charge in [0, 0.05) is 71.7 Å². The van der Waals surface area contributed by atoms with Gasteiger partial charge in [-0.05, 0) is 13.3 Å². The van der Waals surface area contributed by atoms with Crippen LogP contribution in [0.5, 0.6) is 0 Å². The minimum atomic E-state index is -4.44. The number of rotatable bonds is 16. The number of halogens is 1. The number of hydrogen-bond acceptors (Lipinski definition) is 10. The molecule has 1 saturated heterocycles. The van der Waals surface area contributed by atoms with Gasteiger partial charge in [-0.25, -0.2) is 0 Å². The summed E-state index contributed by atoms with van der Waals surface area (Å²) in [5.74, 6) is -1.02. The summed E-state index contributed by atoms with van der Waals surface area (Å²) in [5, 5.41) is 4.99. The van der Waals surface area contributed by atoms with Gasteiger partial charge < -0.3 is 30.2 Å². The third-order valence-electron chi connectivity index (χ3n) is 6.53. The van der Waals surface area contributed by atoms with Gasteiger partial charge in [-0.2, -0.15) is 0 Å². The van der Waals surface area contributed by atoms with Gasteiger partial charge in [0.2, 0.25) is 11.8 Å². The molecule has 0 bridgehead atoms. The molecule has 16 nitrogen and oxygen atoms in total. The van der Waals surface area contributed by atoms with Crippen molar-refractivity contribution >= 4 is 55.6 Å². The first-order valence-corrected chi connectivity index (χ1v) is 17.7. The van der Waals surface area contributed by atoms with Crippen molar-refractivity contribution in [3.63, 3.8) is 0 Å². The molecule has 2 amide bonds. The summed E-state index contributed by atoms with van der Waals surface area (Å²) in [4.78, 5) is 93.8. The van der Waals surface area contributed by atoms with Gasteiger partial charge in [-0.3, -0.25) is 47.9 Å². The van der Waals surface area contributed by atoms with E-state index < -0.39 is 33.5 Å². The maximum Gasteiger partial charge on any atom is 0.344 e. The van der Waals surface area contributed by atoms with Gasteiger partial charge in [0.1, 0.15) is 17.9 Å². The summed E-state index contributed by atoms with van der Waals surface area (Å²) < 4.78 is 22.4. The van der Waals surface area contributed by atoms with Crippen LogP contribution in [0.2, 0.25) is 0 Å². The lowest BCUT2D eigenvalue weighted by Gasteiger charge is -2.33. The maximum absolute atomic E-state index is 12.6. The SMILES string of the molecule is Br.CCCC(=O)CN1CCN(CC(=O)CCP(=O)(O)O)CCN(CC(=O)NCP(=O)(O)O)CCN(CC(=O)NCC)CC1. The molecule has 0 radical (unpaired) electrons. The molecule has 1 rings (SSSR count). The number of carbonyl (C=O) groups is 4. The number of amides is 2. The van der Waals surface area contributed by atoms with E-state index in [0.29, 0.717) is 71.7 Å². The van der Waals surface area contributed by atoms with Gasteiger partial charge in [0.25, 0.3) is 0 Å². The van der Waals surface area contributed by atoms with E-state index in [0.717, 1.165) is 0 Å². The fourth-order valence-electron chi connectivity index (χ4n) is 4.32. The van der Waals surface area contributed by atoms with E-state index in [-0.39, 0.29) is 67.1 Å². The van der Waals surface area contributed by atoms with E-state index in [2.05, 4.69) is 10.6 Å². The third kappa shape index (κ3) is 22.1. The number of carbonyl (C=O) groups excluding carboxylic acids is 4. The van der Waals surface area contributed by atoms with Crippen molar-refractivity contribution < 1.29 is 47.9 Å². The van der Waals surface area contributed by atoms with Crippen LogP contribution in [0.1, 0.15) is 33.1 Å². The predicted molar refractivity (Wildman–Crippen MR) is 166 cm³/mol. The molecule has 1 fully saturated rings. The van der Waals surface area contributed by atoms with Crippen molar-refractivity contribution in [2.24, 2.45) is 0 Å². The molecule has 0 spiro atoms. The van der Waals surface area contributed by atoms with Crippen LogP contribution >= 0.6 is 32.2 Å². The highest BCUT2D eigenvalue weighted by Crippen LogP contribution is 2.34. The van der Waals surface area contributed by atoms with Crippen molar-refractivity contribution in [3.05, 3.63) is 0 Å². The first-order valence-electron chi connectivity index (χ1n) is 14.2. The van der Waals surface area contributed by atoms with Crippen LogP contribution in [0.3, 0.4) is 0 Å². The van der Waals surface area contributed by atoms with Gasteiger partial charge in [-0.15, -0.1) is 17.0 Å². The highest BCUT2D eigenvalue weighted by atomic mass is 79.9. The fraction of sp³-hybridized carbons (Fsp3) is 0.833. The van der Waals surface area contributed by atoms with Crippen molar-refractivity contribution in [3.8, 4) is 0 Å². The molecule has 1 aliphatic rings. The molecule has 6 N–H and O–H groups in total. The average molecular weight is 724 g/mol. The fourth-order valence-corrected chi connectivity index (χ4v) is 5.25. The monoisotopic (exact) mass is 722 g/mol. The maximum atomic E-state index is 12.6. The summed E-state index contributed by atoms with van der Waals surface area (Å²) in [6, 6.07) is 0. The Balaban J connectivity index is 0.0000176. The first-order chi connectivity index (χ1) is 19.6. The van der Waals surface area contributed by atoms with Crippen LogP contribution in [0.4, 0.5) is 0 Å². The van der Waals surface area contributed by atoms with E-state index in [4.69, 9.17) is 19.6 Å². The molecule has 43 heavy (non-hydrogen) atoms. The standard InChI is InChI=1S/C24H48N6O10P2.BrH/c1-3-5-21(31)16-27-7-8-28(17-22(32)6-15-41(35,36)37)10-12-30(19-24(34)26-20-42(38,39)40)14-13-29(11-9-27)18-23(33)25-4-2;/h3-20H2,1-2H3,(H,25,33)(H,26,34)(H2,35,36,37)(H2,38,39,40);1H. The zero-order valence-corrected chi connectivity index (χ0v) is 28.6. The second-order valence-corrected chi connectivity index (χ2v) is 13.9. The Labute approximate surface area is 264 Å². The molecular formula is C24H49BrN6O10P2. The Morgan fingerprint density at radius 1 is 0.605 bits per heavy atom. The summed E-state index contributed by atoms with van der Waals surface area (Å²) in [6.45, 7) is 7.34. The minimum absolute atomic E-state index is 0. The van der Waals surface area contributed by atoms with Crippen molar-refractivity contribution in [1.29, 1.82) is 0 Å². The molecule has 252 valence electrons. The minimum Gasteiger partial charge on any atom is -0.355 e. The molecule has 0 aromatic carbocycles. The number of nitrogens with zero attached hydrogens (tertiary/aromatic N) is 4. The summed E-state index contributed by atoms with van der Waals surface area (Å²) >= 11 is 0. The van der Waals surface area contributed by atoms with Crippen LogP contribution in [-0.4, -0.2) is 160 Å². The van der Waals surface area contributed by atoms with E-state index >= 15 is 0 Å². The quantitative estimate of drug-likeness (QED) is 0.102. The van der Waals surface area contributed by atoms with E-state index in [1.807, 2.05) is 28.5 Å². The smallest absolute Gasteiger partial charge is 0.344 e. The van der Waals surface area contributed by atoms with E-state index in [1.54, 1.807) is 4.90 Å². The molecule has 0 unspecified atom stereocenters. The summed E-state index contributed by atoms with van der Waals surface area (Å²) in [6.07, 6.45) is -0.486. The number of ketones is 2. The van der Waals surface area contributed by atoms with Crippen molar-refractivity contribution in [2.45, 2.75) is 33.1 Å². The van der Waals surface area contributed by atoms with Crippen LogP contribution < -0.4 is 10.6 Å². The van der Waals surface area contributed by atoms with Crippen molar-refractivity contribution in [1.82, 2.24) is 30.2 Å². The Morgan fingerprint density at radius 2 is 0.977 bits per heavy atom. The first kappa shape index (κ1) is 41.9. The second kappa shape index (κ2) is 21.6. The Hall–Kier alpha value is -1.10. The lowest BCUT2D eigenvalue weighted by Crippen LogP contribution is -2.50. The molecule has 0 aromatic rings. The summed E-state index contributed by atoms with van der Waals surface area (Å²) in [5.41, 5.74) is 0. The van der Waals surface area contributed by atoms with Crippen molar-refractivity contribution in [2.75, 3.05) is 97.5 Å². The number of likely N-dealkylation sites (N-methyl/N-ethyl adjacent to an activating group) is 1. The van der Waals surface area contributed by atoms with E-state index in [1.165, 1.54) is 0 Å². The normalized spacial score (nSPS) is 17.3. The number of hydrogen-bond donors (Lipinski definition) is 6. The average Bonchev–Trinajstić information content (AvgIpc) is 2.87. The largest absolute Gasteiger partial charge is 0.355 e. The van der Waals surface area contributed by atoms with Gasteiger partial charge in [0.15, 0.2) is 0 Å². The number of Topliss-reactive ketones (excluding diaryl/α,β-unsaturated/α-hetero) is 2. The van der Waals surface area contributed by atoms with E-state index in [9.17, 15) is 28.3 Å². The highest BCUT2D eigenvalue weighted by molar-refractivity contribution is 8.93. The van der Waals surface area contributed by atoms with Crippen LogP contribution in [0.15, 0.2) is 0 Å². The van der Waals surface area contributed by atoms with Crippen LogP contribution in [0, 0.1) is 0 Å². The Kier molecular flexibility index (Phi) is 21.1. The van der Waals surface area contributed by atoms with Crippen LogP contribution in [0.25, 0.3) is 0 Å². The lowest BCUT2D eigenvalue weighted by atomic mass is 10.2. The van der Waals surface area contributed by atoms with Gasteiger partial charge in [0.05, 0.1) is 32.3 Å².